The van der Waals surface area contributed by atoms with Crippen LogP contribution in [-0.4, -0.2) is 46.5 Å². The van der Waals surface area contributed by atoms with Crippen LogP contribution in [0.15, 0.2) is 29.2 Å². The summed E-state index contributed by atoms with van der Waals surface area (Å²) in [5.41, 5.74) is 6.81. The van der Waals surface area contributed by atoms with Gasteiger partial charge in [-0.1, -0.05) is 19.1 Å². The second-order valence-electron chi connectivity index (χ2n) is 6.26. The van der Waals surface area contributed by atoms with Crippen molar-refractivity contribution in [2.24, 2.45) is 11.1 Å². The number of para-hydroxylation sites is 1. The first-order valence-corrected chi connectivity index (χ1v) is 8.71. The highest BCUT2D eigenvalue weighted by atomic mass is 32.2. The highest BCUT2D eigenvalue weighted by molar-refractivity contribution is 7.89. The lowest BCUT2D eigenvalue weighted by Gasteiger charge is -2.40. The standard InChI is InChI=1S/C15H25N3O2S/c1-15(12-16)8-10-18(11-9-15)13-6-4-5-7-14(13)21(19,20)17(2)3/h4-7H,8-12,16H2,1-3H3. The van der Waals surface area contributed by atoms with E-state index in [2.05, 4.69) is 11.8 Å². The van der Waals surface area contributed by atoms with Gasteiger partial charge in [0.05, 0.1) is 5.69 Å². The number of nitrogens with zero attached hydrogens (tertiary/aromatic N) is 2. The molecule has 21 heavy (non-hydrogen) atoms. The Kier molecular flexibility index (Phi) is 4.60. The van der Waals surface area contributed by atoms with Crippen molar-refractivity contribution in [2.75, 3.05) is 38.6 Å². The molecule has 0 atom stereocenters. The van der Waals surface area contributed by atoms with E-state index in [9.17, 15) is 8.42 Å². The highest BCUT2D eigenvalue weighted by Gasteiger charge is 2.31. The van der Waals surface area contributed by atoms with Crippen LogP contribution in [0.4, 0.5) is 5.69 Å². The Balaban J connectivity index is 2.31. The number of hydrogen-bond acceptors (Lipinski definition) is 4. The van der Waals surface area contributed by atoms with Crippen LogP contribution < -0.4 is 10.6 Å². The maximum atomic E-state index is 12.5. The maximum absolute atomic E-state index is 12.5. The quantitative estimate of drug-likeness (QED) is 0.915. The van der Waals surface area contributed by atoms with Gasteiger partial charge in [-0.05, 0) is 36.9 Å². The first-order chi connectivity index (χ1) is 9.80. The van der Waals surface area contributed by atoms with E-state index in [0.29, 0.717) is 11.4 Å². The molecule has 0 saturated carbocycles. The smallest absolute Gasteiger partial charge is 0.244 e. The Morgan fingerprint density at radius 1 is 1.24 bits per heavy atom. The highest BCUT2D eigenvalue weighted by Crippen LogP contribution is 2.34. The first-order valence-electron chi connectivity index (χ1n) is 7.27. The Hall–Kier alpha value is -1.11. The fourth-order valence-electron chi connectivity index (χ4n) is 2.62. The molecule has 118 valence electrons. The molecule has 1 saturated heterocycles. The Morgan fingerprint density at radius 2 is 1.81 bits per heavy atom. The van der Waals surface area contributed by atoms with Crippen LogP contribution >= 0.6 is 0 Å². The summed E-state index contributed by atoms with van der Waals surface area (Å²) in [6.45, 7) is 4.56. The van der Waals surface area contributed by atoms with E-state index < -0.39 is 10.0 Å². The van der Waals surface area contributed by atoms with Crippen LogP contribution in [0.3, 0.4) is 0 Å². The third-order valence-electron chi connectivity index (χ3n) is 4.43. The lowest BCUT2D eigenvalue weighted by Crippen LogP contribution is -2.42. The van der Waals surface area contributed by atoms with Crippen LogP contribution in [0.25, 0.3) is 0 Å². The van der Waals surface area contributed by atoms with Crippen molar-refractivity contribution in [1.82, 2.24) is 4.31 Å². The maximum Gasteiger partial charge on any atom is 0.244 e. The number of piperidine rings is 1. The molecular formula is C15H25N3O2S. The van der Waals surface area contributed by atoms with Gasteiger partial charge in [-0.25, -0.2) is 12.7 Å². The van der Waals surface area contributed by atoms with Crippen LogP contribution in [-0.2, 0) is 10.0 Å². The average Bonchev–Trinajstić information content (AvgIpc) is 2.48. The molecule has 0 bridgehead atoms. The summed E-state index contributed by atoms with van der Waals surface area (Å²) >= 11 is 0. The second kappa shape index (κ2) is 5.94. The van der Waals surface area contributed by atoms with E-state index >= 15 is 0 Å². The minimum absolute atomic E-state index is 0.172. The van der Waals surface area contributed by atoms with Gasteiger partial charge in [0.1, 0.15) is 4.90 Å². The zero-order chi connectivity index (χ0) is 15.7. The van der Waals surface area contributed by atoms with E-state index in [1.54, 1.807) is 26.2 Å². The third kappa shape index (κ3) is 3.22. The molecule has 0 spiro atoms. The molecule has 2 N–H and O–H groups in total. The van der Waals surface area contributed by atoms with Gasteiger partial charge < -0.3 is 10.6 Å². The van der Waals surface area contributed by atoms with Crippen LogP contribution in [0.1, 0.15) is 19.8 Å². The Labute approximate surface area is 127 Å². The molecule has 1 heterocycles. The van der Waals surface area contributed by atoms with Gasteiger partial charge in [0.15, 0.2) is 0 Å². The largest absolute Gasteiger partial charge is 0.370 e. The van der Waals surface area contributed by atoms with Crippen molar-refractivity contribution >= 4 is 15.7 Å². The normalized spacial score (nSPS) is 19.0. The molecule has 1 aromatic rings. The second-order valence-corrected chi connectivity index (χ2v) is 8.38. The van der Waals surface area contributed by atoms with Gasteiger partial charge >= 0.3 is 0 Å². The molecule has 0 aliphatic carbocycles. The fourth-order valence-corrected chi connectivity index (χ4v) is 3.73. The summed E-state index contributed by atoms with van der Waals surface area (Å²) < 4.78 is 26.2. The Bertz CT molecular complexity index is 591. The number of sulfonamides is 1. The van der Waals surface area contributed by atoms with Crippen molar-refractivity contribution < 1.29 is 8.42 Å². The summed E-state index contributed by atoms with van der Waals surface area (Å²) in [4.78, 5) is 2.54. The van der Waals surface area contributed by atoms with Crippen LogP contribution in [0, 0.1) is 5.41 Å². The minimum atomic E-state index is -3.42. The zero-order valence-corrected chi connectivity index (χ0v) is 13.9. The topological polar surface area (TPSA) is 66.6 Å². The monoisotopic (exact) mass is 311 g/mol. The predicted octanol–water partition coefficient (Wildman–Crippen LogP) is 1.50. The molecule has 0 amide bonds. The zero-order valence-electron chi connectivity index (χ0n) is 13.0. The van der Waals surface area contributed by atoms with Gasteiger partial charge in [0, 0.05) is 27.2 Å². The lowest BCUT2D eigenvalue weighted by molar-refractivity contribution is 0.258. The summed E-state index contributed by atoms with van der Waals surface area (Å²) in [7, 11) is -0.298. The van der Waals surface area contributed by atoms with Crippen molar-refractivity contribution in [2.45, 2.75) is 24.7 Å². The average molecular weight is 311 g/mol. The lowest BCUT2D eigenvalue weighted by atomic mass is 9.80. The SMILES string of the molecule is CN(C)S(=O)(=O)c1ccccc1N1CCC(C)(CN)CC1. The van der Waals surface area contributed by atoms with E-state index in [1.807, 2.05) is 12.1 Å². The molecule has 1 aromatic carbocycles. The summed E-state index contributed by atoms with van der Waals surface area (Å²) in [6.07, 6.45) is 1.97. The molecule has 2 rings (SSSR count). The summed E-state index contributed by atoms with van der Waals surface area (Å²) in [5, 5.41) is 0. The van der Waals surface area contributed by atoms with E-state index in [1.165, 1.54) is 4.31 Å². The number of rotatable bonds is 4. The van der Waals surface area contributed by atoms with Gasteiger partial charge in [0.2, 0.25) is 10.0 Å². The van der Waals surface area contributed by atoms with Crippen LogP contribution in [0.2, 0.25) is 0 Å². The molecule has 0 radical (unpaired) electrons. The molecule has 6 heteroatoms. The van der Waals surface area contributed by atoms with Gasteiger partial charge in [-0.3, -0.25) is 0 Å². The van der Waals surface area contributed by atoms with Gasteiger partial charge in [-0.15, -0.1) is 0 Å². The van der Waals surface area contributed by atoms with Crippen molar-refractivity contribution in [3.05, 3.63) is 24.3 Å². The van der Waals surface area contributed by atoms with Gasteiger partial charge in [-0.2, -0.15) is 0 Å². The van der Waals surface area contributed by atoms with Gasteiger partial charge in [0.25, 0.3) is 0 Å². The molecule has 1 aliphatic heterocycles. The number of nitrogens with two attached hydrogens (primary N) is 1. The molecule has 0 unspecified atom stereocenters. The fraction of sp³-hybridized carbons (Fsp3) is 0.600. The first kappa shape index (κ1) is 16.3. The molecule has 1 fully saturated rings. The summed E-state index contributed by atoms with van der Waals surface area (Å²) in [6, 6.07) is 7.23. The van der Waals surface area contributed by atoms with Crippen molar-refractivity contribution in [3.63, 3.8) is 0 Å². The minimum Gasteiger partial charge on any atom is -0.370 e. The molecular weight excluding hydrogens is 286 g/mol. The van der Waals surface area contributed by atoms with E-state index in [4.69, 9.17) is 5.73 Å². The molecule has 1 aliphatic rings. The van der Waals surface area contributed by atoms with Crippen LogP contribution in [0.5, 0.6) is 0 Å². The summed E-state index contributed by atoms with van der Waals surface area (Å²) in [5.74, 6) is 0. The van der Waals surface area contributed by atoms with E-state index in [0.717, 1.165) is 31.6 Å². The number of benzene rings is 1. The molecule has 0 aromatic heterocycles. The predicted molar refractivity (Wildman–Crippen MR) is 85.9 cm³/mol. The number of anilines is 1. The molecule has 5 nitrogen and oxygen atoms in total. The number of hydrogen-bond donors (Lipinski definition) is 1. The third-order valence-corrected chi connectivity index (χ3v) is 6.29. The van der Waals surface area contributed by atoms with Crippen molar-refractivity contribution in [3.8, 4) is 0 Å². The van der Waals surface area contributed by atoms with E-state index in [-0.39, 0.29) is 5.41 Å². The Morgan fingerprint density at radius 3 is 2.33 bits per heavy atom. The van der Waals surface area contributed by atoms with Crippen molar-refractivity contribution in [1.29, 1.82) is 0 Å².